The number of carbonyl (C=O) groups is 1. The van der Waals surface area contributed by atoms with E-state index in [0.717, 1.165) is 19.5 Å². The molecular weight excluding hydrogens is 396 g/mol. The molecule has 0 saturated carbocycles. The molecule has 0 radical (unpaired) electrons. The lowest BCUT2D eigenvalue weighted by Gasteiger charge is -2.09. The van der Waals surface area contributed by atoms with Gasteiger partial charge in [0.1, 0.15) is 5.69 Å². The van der Waals surface area contributed by atoms with Crippen LogP contribution in [-0.2, 0) is 0 Å². The van der Waals surface area contributed by atoms with E-state index < -0.39 is 5.82 Å². The van der Waals surface area contributed by atoms with Crippen LogP contribution in [0.2, 0.25) is 5.02 Å². The number of rotatable bonds is 2. The molecule has 1 aromatic heterocycles. The van der Waals surface area contributed by atoms with Crippen molar-refractivity contribution in [1.82, 2.24) is 15.6 Å². The van der Waals surface area contributed by atoms with Gasteiger partial charge in [0.2, 0.25) is 0 Å². The maximum atomic E-state index is 14.1. The van der Waals surface area contributed by atoms with Crippen LogP contribution in [0.4, 0.5) is 4.39 Å². The number of carbonyl (C=O) groups excluding carboxylic acids is 1. The summed E-state index contributed by atoms with van der Waals surface area (Å²) in [4.78, 5) is 15.0. The number of H-pyrrole nitrogens is 1. The van der Waals surface area contributed by atoms with Gasteiger partial charge in [0, 0.05) is 18.0 Å². The monoisotopic (exact) mass is 407 g/mol. The first kappa shape index (κ1) is 14.1. The van der Waals surface area contributed by atoms with E-state index >= 15 is 0 Å². The Morgan fingerprint density at radius 3 is 3.00 bits per heavy atom. The molecule has 0 bridgehead atoms. The van der Waals surface area contributed by atoms with E-state index in [1.54, 1.807) is 12.1 Å². The van der Waals surface area contributed by atoms with Crippen molar-refractivity contribution in [3.05, 3.63) is 32.2 Å². The van der Waals surface area contributed by atoms with E-state index in [0.29, 0.717) is 25.2 Å². The maximum absolute atomic E-state index is 14.1. The lowest BCUT2D eigenvalue weighted by Crippen LogP contribution is -2.36. The molecule has 1 saturated heterocycles. The first-order valence-electron chi connectivity index (χ1n) is 6.24. The number of aromatic amines is 1. The molecule has 1 aliphatic heterocycles. The summed E-state index contributed by atoms with van der Waals surface area (Å²) in [7, 11) is 0. The molecule has 3 N–H and O–H groups in total. The standard InChI is InChI=1S/C13H12ClFIN3O/c14-8-3-6-4-9(19-12(6)10(15)11(8)16)13(20)18-7-1-2-17-5-7/h3-4,7,17,19H,1-2,5H2,(H,18,20)/t7-/m1/s1. The number of hydrogen-bond acceptors (Lipinski definition) is 2. The van der Waals surface area contributed by atoms with Gasteiger partial charge >= 0.3 is 0 Å². The van der Waals surface area contributed by atoms with Crippen molar-refractivity contribution < 1.29 is 9.18 Å². The van der Waals surface area contributed by atoms with Crippen molar-refractivity contribution in [2.75, 3.05) is 13.1 Å². The highest BCUT2D eigenvalue weighted by Crippen LogP contribution is 2.29. The van der Waals surface area contributed by atoms with Crippen molar-refractivity contribution in [1.29, 1.82) is 0 Å². The zero-order valence-electron chi connectivity index (χ0n) is 10.4. The summed E-state index contributed by atoms with van der Waals surface area (Å²) >= 11 is 7.80. The van der Waals surface area contributed by atoms with Gasteiger partial charge in [-0.15, -0.1) is 0 Å². The van der Waals surface area contributed by atoms with E-state index in [-0.39, 0.29) is 11.9 Å². The van der Waals surface area contributed by atoms with Crippen LogP contribution in [0, 0.1) is 9.39 Å². The highest BCUT2D eigenvalue weighted by molar-refractivity contribution is 14.1. The minimum atomic E-state index is -0.422. The molecule has 1 atom stereocenters. The highest BCUT2D eigenvalue weighted by Gasteiger charge is 2.20. The van der Waals surface area contributed by atoms with Crippen molar-refractivity contribution in [2.24, 2.45) is 0 Å². The highest BCUT2D eigenvalue weighted by atomic mass is 127. The summed E-state index contributed by atoms with van der Waals surface area (Å²) in [6.45, 7) is 1.67. The molecule has 2 aromatic rings. The largest absolute Gasteiger partial charge is 0.348 e. The molecule has 1 aliphatic rings. The van der Waals surface area contributed by atoms with E-state index in [4.69, 9.17) is 11.6 Å². The maximum Gasteiger partial charge on any atom is 0.267 e. The van der Waals surface area contributed by atoms with Crippen LogP contribution in [-0.4, -0.2) is 30.0 Å². The van der Waals surface area contributed by atoms with Gasteiger partial charge in [-0.3, -0.25) is 4.79 Å². The summed E-state index contributed by atoms with van der Waals surface area (Å²) in [5.41, 5.74) is 0.664. The van der Waals surface area contributed by atoms with Crippen LogP contribution in [0.15, 0.2) is 12.1 Å². The minimum Gasteiger partial charge on any atom is -0.348 e. The normalized spacial score (nSPS) is 18.6. The van der Waals surface area contributed by atoms with Crippen LogP contribution >= 0.6 is 34.2 Å². The predicted molar refractivity (Wildman–Crippen MR) is 84.7 cm³/mol. The second-order valence-electron chi connectivity index (χ2n) is 4.80. The van der Waals surface area contributed by atoms with Crippen LogP contribution in [0.1, 0.15) is 16.9 Å². The van der Waals surface area contributed by atoms with E-state index in [1.165, 1.54) is 0 Å². The third-order valence-electron chi connectivity index (χ3n) is 3.39. The van der Waals surface area contributed by atoms with Crippen molar-refractivity contribution in [3.8, 4) is 0 Å². The summed E-state index contributed by atoms with van der Waals surface area (Å²) < 4.78 is 14.4. The van der Waals surface area contributed by atoms with Crippen molar-refractivity contribution in [3.63, 3.8) is 0 Å². The number of benzene rings is 1. The summed E-state index contributed by atoms with van der Waals surface area (Å²) in [5.74, 6) is -0.643. The Bertz CT molecular complexity index is 682. The third-order valence-corrected chi connectivity index (χ3v) is 5.06. The lowest BCUT2D eigenvalue weighted by atomic mass is 10.2. The van der Waals surface area contributed by atoms with E-state index in [2.05, 4.69) is 15.6 Å². The van der Waals surface area contributed by atoms with Gasteiger partial charge in [-0.2, -0.15) is 0 Å². The Labute approximate surface area is 133 Å². The lowest BCUT2D eigenvalue weighted by molar-refractivity contribution is 0.0936. The molecule has 0 aliphatic carbocycles. The topological polar surface area (TPSA) is 56.9 Å². The van der Waals surface area contributed by atoms with Crippen LogP contribution in [0.3, 0.4) is 0 Å². The van der Waals surface area contributed by atoms with Gasteiger partial charge < -0.3 is 15.6 Å². The molecule has 7 heteroatoms. The average Bonchev–Trinajstić information content (AvgIpc) is 3.05. The Morgan fingerprint density at radius 2 is 2.30 bits per heavy atom. The van der Waals surface area contributed by atoms with Crippen LogP contribution in [0.5, 0.6) is 0 Å². The van der Waals surface area contributed by atoms with E-state index in [1.807, 2.05) is 22.6 Å². The number of fused-ring (bicyclic) bond motifs is 1. The minimum absolute atomic E-state index is 0.127. The SMILES string of the molecule is O=C(N[C@@H]1CCNC1)c1cc2cc(Cl)c(I)c(F)c2[nH]1. The molecule has 2 heterocycles. The molecule has 106 valence electrons. The quantitative estimate of drug-likeness (QED) is 0.530. The molecule has 4 nitrogen and oxygen atoms in total. The fourth-order valence-electron chi connectivity index (χ4n) is 2.34. The fourth-order valence-corrected chi connectivity index (χ4v) is 2.97. The second-order valence-corrected chi connectivity index (χ2v) is 6.28. The Kier molecular flexibility index (Phi) is 3.87. The molecule has 0 spiro atoms. The number of aromatic nitrogens is 1. The summed E-state index contributed by atoms with van der Waals surface area (Å²) in [6.07, 6.45) is 0.907. The van der Waals surface area contributed by atoms with E-state index in [9.17, 15) is 9.18 Å². The number of hydrogen-bond donors (Lipinski definition) is 3. The molecule has 0 unspecified atom stereocenters. The third kappa shape index (κ3) is 2.51. The summed E-state index contributed by atoms with van der Waals surface area (Å²) in [5, 5.41) is 7.04. The van der Waals surface area contributed by atoms with Crippen molar-refractivity contribution >= 4 is 51.0 Å². The van der Waals surface area contributed by atoms with Gasteiger partial charge in [-0.25, -0.2) is 4.39 Å². The van der Waals surface area contributed by atoms with Crippen LogP contribution in [0.25, 0.3) is 10.9 Å². The van der Waals surface area contributed by atoms with Gasteiger partial charge in [0.15, 0.2) is 5.82 Å². The predicted octanol–water partition coefficient (Wildman–Crippen LogP) is 2.66. The molecule has 20 heavy (non-hydrogen) atoms. The first-order chi connectivity index (χ1) is 9.56. The van der Waals surface area contributed by atoms with Gasteiger partial charge in [0.25, 0.3) is 5.91 Å². The zero-order chi connectivity index (χ0) is 14.3. The molecule has 1 fully saturated rings. The van der Waals surface area contributed by atoms with Crippen LogP contribution < -0.4 is 10.6 Å². The van der Waals surface area contributed by atoms with Gasteiger partial charge in [0.05, 0.1) is 14.1 Å². The van der Waals surface area contributed by atoms with Crippen molar-refractivity contribution in [2.45, 2.75) is 12.5 Å². The van der Waals surface area contributed by atoms with Gasteiger partial charge in [-0.1, -0.05) is 11.6 Å². The number of nitrogens with one attached hydrogen (secondary N) is 3. The Balaban J connectivity index is 1.92. The number of amides is 1. The average molecular weight is 408 g/mol. The summed E-state index contributed by atoms with van der Waals surface area (Å²) in [6, 6.07) is 3.41. The Morgan fingerprint density at radius 1 is 1.50 bits per heavy atom. The molecular formula is C13H12ClFIN3O. The first-order valence-corrected chi connectivity index (χ1v) is 7.69. The Hall–Kier alpha value is -0.860. The number of halogens is 3. The molecule has 1 amide bonds. The molecule has 3 rings (SSSR count). The molecule has 1 aromatic carbocycles. The fraction of sp³-hybridized carbons (Fsp3) is 0.308. The second kappa shape index (κ2) is 5.50. The smallest absolute Gasteiger partial charge is 0.267 e. The zero-order valence-corrected chi connectivity index (χ0v) is 13.3. The van der Waals surface area contributed by atoms with Gasteiger partial charge in [-0.05, 0) is 47.7 Å².